The van der Waals surface area contributed by atoms with E-state index < -0.39 is 10.0 Å². The normalized spacial score (nSPS) is 13.0. The van der Waals surface area contributed by atoms with Crippen molar-refractivity contribution in [3.05, 3.63) is 59.9 Å². The average molecular weight is 304 g/mol. The molecule has 0 aliphatic carbocycles. The third kappa shape index (κ3) is 4.12. The topological polar surface area (TPSA) is 59.1 Å². The lowest BCUT2D eigenvalue weighted by Gasteiger charge is -2.10. The van der Waals surface area contributed by atoms with Crippen LogP contribution in [0.4, 0.5) is 0 Å². The van der Waals surface area contributed by atoms with Crippen molar-refractivity contribution in [2.75, 3.05) is 0 Å². The molecule has 0 saturated heterocycles. The molecule has 2 aromatic rings. The minimum atomic E-state index is -3.50. The Labute approximate surface area is 126 Å². The summed E-state index contributed by atoms with van der Waals surface area (Å²) in [6, 6.07) is 12.5. The molecule has 1 atom stereocenters. The van der Waals surface area contributed by atoms with Crippen LogP contribution < -0.4 is 4.72 Å². The number of nitrogens with one attached hydrogen (secondary N) is 1. The summed E-state index contributed by atoms with van der Waals surface area (Å²) in [5.74, 6) is 0.434. The highest BCUT2D eigenvalue weighted by molar-refractivity contribution is 7.89. The van der Waals surface area contributed by atoms with E-state index >= 15 is 0 Å². The summed E-state index contributed by atoms with van der Waals surface area (Å²) >= 11 is 0. The molecule has 0 fully saturated rings. The second-order valence-electron chi connectivity index (χ2n) is 5.02. The standard InChI is InChI=1S/C16H20N2O2S/c1-3-13(2)14-7-9-16(10-8-14)21(19,20)18-12-15-6-4-5-11-17-15/h4-11,13,18H,3,12H2,1-2H3/t13-/m0/s1. The third-order valence-electron chi connectivity index (χ3n) is 3.54. The Bertz CT molecular complexity index is 667. The average Bonchev–Trinajstić information content (AvgIpc) is 2.53. The molecule has 0 amide bonds. The van der Waals surface area contributed by atoms with E-state index in [4.69, 9.17) is 0 Å². The van der Waals surface area contributed by atoms with Gasteiger partial charge >= 0.3 is 0 Å². The molecule has 0 saturated carbocycles. The van der Waals surface area contributed by atoms with Crippen LogP contribution in [0.15, 0.2) is 53.6 Å². The predicted octanol–water partition coefficient (Wildman–Crippen LogP) is 3.07. The van der Waals surface area contributed by atoms with E-state index in [9.17, 15) is 8.42 Å². The van der Waals surface area contributed by atoms with Gasteiger partial charge in [0.25, 0.3) is 0 Å². The molecule has 0 aliphatic rings. The fourth-order valence-electron chi connectivity index (χ4n) is 1.97. The lowest BCUT2D eigenvalue weighted by molar-refractivity contribution is 0.580. The zero-order valence-corrected chi connectivity index (χ0v) is 13.1. The first-order valence-electron chi connectivity index (χ1n) is 7.02. The van der Waals surface area contributed by atoms with E-state index in [0.717, 1.165) is 12.0 Å². The Hall–Kier alpha value is -1.72. The molecule has 1 heterocycles. The highest BCUT2D eigenvalue weighted by atomic mass is 32.2. The molecule has 0 aliphatic heterocycles. The summed E-state index contributed by atoms with van der Waals surface area (Å²) in [5.41, 5.74) is 1.85. The number of hydrogen-bond acceptors (Lipinski definition) is 3. The molecule has 0 spiro atoms. The van der Waals surface area contributed by atoms with Crippen LogP contribution in [-0.4, -0.2) is 13.4 Å². The summed E-state index contributed by atoms with van der Waals surface area (Å²) in [7, 11) is -3.50. The van der Waals surface area contributed by atoms with E-state index in [1.165, 1.54) is 0 Å². The Balaban J connectivity index is 2.09. The molecule has 0 unspecified atom stereocenters. The molecular formula is C16H20N2O2S. The zero-order valence-electron chi connectivity index (χ0n) is 12.3. The quantitative estimate of drug-likeness (QED) is 0.892. The minimum Gasteiger partial charge on any atom is -0.260 e. The highest BCUT2D eigenvalue weighted by Gasteiger charge is 2.14. The predicted molar refractivity (Wildman–Crippen MR) is 83.4 cm³/mol. The van der Waals surface area contributed by atoms with Gasteiger partial charge < -0.3 is 0 Å². The van der Waals surface area contributed by atoms with Gasteiger partial charge in [0.2, 0.25) is 10.0 Å². The fourth-order valence-corrected chi connectivity index (χ4v) is 2.97. The number of hydrogen-bond donors (Lipinski definition) is 1. The van der Waals surface area contributed by atoms with E-state index in [0.29, 0.717) is 11.6 Å². The van der Waals surface area contributed by atoms with Crippen LogP contribution in [0.25, 0.3) is 0 Å². The van der Waals surface area contributed by atoms with Crippen molar-refractivity contribution in [3.63, 3.8) is 0 Å². The first-order valence-corrected chi connectivity index (χ1v) is 8.51. The molecule has 5 heteroatoms. The van der Waals surface area contributed by atoms with Gasteiger partial charge in [0, 0.05) is 6.20 Å². The van der Waals surface area contributed by atoms with Gasteiger partial charge in [-0.2, -0.15) is 0 Å². The molecule has 21 heavy (non-hydrogen) atoms. The molecule has 112 valence electrons. The first kappa shape index (κ1) is 15.7. The van der Waals surface area contributed by atoms with E-state index in [1.54, 1.807) is 30.5 Å². The van der Waals surface area contributed by atoms with Crippen molar-refractivity contribution < 1.29 is 8.42 Å². The van der Waals surface area contributed by atoms with Crippen molar-refractivity contribution in [1.82, 2.24) is 9.71 Å². The summed E-state index contributed by atoms with van der Waals surface area (Å²) in [6.45, 7) is 4.43. The van der Waals surface area contributed by atoms with Gasteiger partial charge in [-0.3, -0.25) is 4.98 Å². The molecule has 0 bridgehead atoms. The maximum absolute atomic E-state index is 12.2. The fraction of sp³-hybridized carbons (Fsp3) is 0.312. The number of benzene rings is 1. The Morgan fingerprint density at radius 3 is 2.43 bits per heavy atom. The van der Waals surface area contributed by atoms with Crippen LogP contribution in [0.1, 0.15) is 37.4 Å². The van der Waals surface area contributed by atoms with Crippen LogP contribution in [0, 0.1) is 0 Å². The van der Waals surface area contributed by atoms with Gasteiger partial charge in [-0.15, -0.1) is 0 Å². The Kier molecular flexibility index (Phi) is 5.09. The summed E-state index contributed by atoms with van der Waals surface area (Å²) < 4.78 is 27.0. The van der Waals surface area contributed by atoms with Crippen LogP contribution >= 0.6 is 0 Å². The first-order chi connectivity index (χ1) is 10.0. The van der Waals surface area contributed by atoms with Crippen LogP contribution in [0.2, 0.25) is 0 Å². The molecule has 4 nitrogen and oxygen atoms in total. The van der Waals surface area contributed by atoms with Crippen LogP contribution in [-0.2, 0) is 16.6 Å². The molecule has 1 N–H and O–H groups in total. The Morgan fingerprint density at radius 2 is 1.86 bits per heavy atom. The molecule has 0 radical (unpaired) electrons. The van der Waals surface area contributed by atoms with Crippen molar-refractivity contribution in [3.8, 4) is 0 Å². The van der Waals surface area contributed by atoms with Crippen molar-refractivity contribution in [2.24, 2.45) is 0 Å². The summed E-state index contributed by atoms with van der Waals surface area (Å²) in [4.78, 5) is 4.38. The number of aromatic nitrogens is 1. The molecule has 1 aromatic heterocycles. The van der Waals surface area contributed by atoms with Crippen molar-refractivity contribution >= 4 is 10.0 Å². The van der Waals surface area contributed by atoms with Gasteiger partial charge in [-0.25, -0.2) is 13.1 Å². The maximum Gasteiger partial charge on any atom is 0.240 e. The summed E-state index contributed by atoms with van der Waals surface area (Å²) in [5, 5.41) is 0. The lowest BCUT2D eigenvalue weighted by Crippen LogP contribution is -2.23. The number of nitrogens with zero attached hydrogens (tertiary/aromatic N) is 1. The SMILES string of the molecule is CC[C@H](C)c1ccc(S(=O)(=O)NCc2ccccn2)cc1. The van der Waals surface area contributed by atoms with E-state index in [2.05, 4.69) is 23.6 Å². The van der Waals surface area contributed by atoms with E-state index in [-0.39, 0.29) is 11.4 Å². The van der Waals surface area contributed by atoms with Crippen molar-refractivity contribution in [2.45, 2.75) is 37.6 Å². The van der Waals surface area contributed by atoms with Gasteiger partial charge in [0.1, 0.15) is 0 Å². The second kappa shape index (κ2) is 6.83. The summed E-state index contributed by atoms with van der Waals surface area (Å²) in [6.07, 6.45) is 2.68. The lowest BCUT2D eigenvalue weighted by atomic mass is 9.99. The largest absolute Gasteiger partial charge is 0.260 e. The number of rotatable bonds is 6. The zero-order chi connectivity index (χ0) is 15.3. The highest BCUT2D eigenvalue weighted by Crippen LogP contribution is 2.20. The van der Waals surface area contributed by atoms with Gasteiger partial charge in [-0.1, -0.05) is 32.0 Å². The van der Waals surface area contributed by atoms with Gasteiger partial charge in [-0.05, 0) is 42.2 Å². The minimum absolute atomic E-state index is 0.191. The van der Waals surface area contributed by atoms with Crippen molar-refractivity contribution in [1.29, 1.82) is 0 Å². The number of pyridine rings is 1. The maximum atomic E-state index is 12.2. The smallest absolute Gasteiger partial charge is 0.240 e. The molecular weight excluding hydrogens is 284 g/mol. The van der Waals surface area contributed by atoms with Gasteiger partial charge in [0.05, 0.1) is 17.1 Å². The van der Waals surface area contributed by atoms with Crippen LogP contribution in [0.3, 0.4) is 0 Å². The molecule has 2 rings (SSSR count). The monoisotopic (exact) mass is 304 g/mol. The molecule has 1 aromatic carbocycles. The Morgan fingerprint density at radius 1 is 1.14 bits per heavy atom. The third-order valence-corrected chi connectivity index (χ3v) is 4.96. The van der Waals surface area contributed by atoms with Gasteiger partial charge in [0.15, 0.2) is 0 Å². The van der Waals surface area contributed by atoms with E-state index in [1.807, 2.05) is 18.2 Å². The second-order valence-corrected chi connectivity index (χ2v) is 6.79. The van der Waals surface area contributed by atoms with Crippen LogP contribution in [0.5, 0.6) is 0 Å². The number of sulfonamides is 1.